The minimum absolute atomic E-state index is 0.0740. The fourth-order valence-electron chi connectivity index (χ4n) is 2.41. The van der Waals surface area contributed by atoms with E-state index < -0.39 is 15.8 Å². The summed E-state index contributed by atoms with van der Waals surface area (Å²) in [5.41, 5.74) is 0.602. The van der Waals surface area contributed by atoms with E-state index in [4.69, 9.17) is 0 Å². The van der Waals surface area contributed by atoms with Crippen molar-refractivity contribution in [1.82, 2.24) is 4.98 Å². The molecule has 1 aliphatic heterocycles. The van der Waals surface area contributed by atoms with Crippen molar-refractivity contribution in [2.24, 2.45) is 0 Å². The summed E-state index contributed by atoms with van der Waals surface area (Å²) in [6, 6.07) is -0.179. The number of rotatable bonds is 4. The molecule has 1 fully saturated rings. The maximum atomic E-state index is 11.6. The van der Waals surface area contributed by atoms with E-state index in [0.717, 1.165) is 17.8 Å². The summed E-state index contributed by atoms with van der Waals surface area (Å²) in [6.45, 7) is 6.15. The molecule has 6 nitrogen and oxygen atoms in total. The molecule has 1 saturated heterocycles. The van der Waals surface area contributed by atoms with Gasteiger partial charge in [-0.2, -0.15) is 0 Å². The summed E-state index contributed by atoms with van der Waals surface area (Å²) in [5, 5.41) is 9.94. The van der Waals surface area contributed by atoms with Gasteiger partial charge < -0.3 is 10.0 Å². The monoisotopic (exact) mass is 332 g/mol. The summed E-state index contributed by atoms with van der Waals surface area (Å²) < 4.78 is 23.3. The minimum Gasteiger partial charge on any atom is -0.477 e. The molecule has 0 spiro atoms. The summed E-state index contributed by atoms with van der Waals surface area (Å²) in [7, 11) is -2.99. The average molecular weight is 332 g/mol. The molecule has 1 N–H and O–H groups in total. The van der Waals surface area contributed by atoms with Crippen molar-refractivity contribution in [3.63, 3.8) is 0 Å². The van der Waals surface area contributed by atoms with Crippen LogP contribution in [-0.4, -0.2) is 48.6 Å². The largest absolute Gasteiger partial charge is 0.477 e. The molecule has 1 aromatic rings. The SMILES string of the molecule is CCC(C)c1nc(N2CCS(=O)(=O)CC2C)sc1C(=O)O. The predicted octanol–water partition coefficient (Wildman–Crippen LogP) is 1.98. The van der Waals surface area contributed by atoms with Crippen molar-refractivity contribution >= 4 is 32.3 Å². The van der Waals surface area contributed by atoms with Gasteiger partial charge in [0, 0.05) is 12.6 Å². The van der Waals surface area contributed by atoms with Crippen molar-refractivity contribution in [2.75, 3.05) is 23.0 Å². The number of sulfone groups is 1. The second-order valence-electron chi connectivity index (χ2n) is 5.48. The van der Waals surface area contributed by atoms with E-state index in [2.05, 4.69) is 4.98 Å². The van der Waals surface area contributed by atoms with Crippen LogP contribution in [0.1, 0.15) is 48.5 Å². The molecular formula is C13H20N2O4S2. The lowest BCUT2D eigenvalue weighted by atomic mass is 10.0. The Kier molecular flexibility index (Phi) is 4.57. The van der Waals surface area contributed by atoms with Crippen LogP contribution in [-0.2, 0) is 9.84 Å². The molecule has 2 atom stereocenters. The molecule has 0 bridgehead atoms. The molecule has 0 radical (unpaired) electrons. The average Bonchev–Trinajstić information content (AvgIpc) is 2.81. The van der Waals surface area contributed by atoms with Gasteiger partial charge in [0.25, 0.3) is 0 Å². The van der Waals surface area contributed by atoms with Gasteiger partial charge in [0.2, 0.25) is 0 Å². The second-order valence-corrected chi connectivity index (χ2v) is 8.69. The van der Waals surface area contributed by atoms with E-state index in [9.17, 15) is 18.3 Å². The molecule has 1 aromatic heterocycles. The van der Waals surface area contributed by atoms with Crippen molar-refractivity contribution in [2.45, 2.75) is 39.2 Å². The van der Waals surface area contributed by atoms with Crippen molar-refractivity contribution in [3.8, 4) is 0 Å². The standard InChI is InChI=1S/C13H20N2O4S2/c1-4-8(2)10-11(12(16)17)20-13(14-10)15-5-6-21(18,19)7-9(15)3/h8-9H,4-7H2,1-3H3,(H,16,17). The number of hydrogen-bond donors (Lipinski definition) is 1. The molecule has 8 heteroatoms. The molecule has 1 aliphatic rings. The zero-order valence-corrected chi connectivity index (χ0v) is 14.0. The number of nitrogens with zero attached hydrogens (tertiary/aromatic N) is 2. The Morgan fingerprint density at radius 1 is 1.57 bits per heavy atom. The topological polar surface area (TPSA) is 87.6 Å². The molecule has 21 heavy (non-hydrogen) atoms. The number of anilines is 1. The van der Waals surface area contributed by atoms with Gasteiger partial charge in [-0.3, -0.25) is 0 Å². The molecule has 0 saturated carbocycles. The van der Waals surface area contributed by atoms with Crippen molar-refractivity contribution in [1.29, 1.82) is 0 Å². The van der Waals surface area contributed by atoms with E-state index in [1.165, 1.54) is 0 Å². The van der Waals surface area contributed by atoms with Crippen LogP contribution in [0.4, 0.5) is 5.13 Å². The number of aromatic nitrogens is 1. The number of carboxylic acid groups (broad SMARTS) is 1. The number of carboxylic acids is 1. The van der Waals surface area contributed by atoms with Crippen LogP contribution in [0.2, 0.25) is 0 Å². The lowest BCUT2D eigenvalue weighted by Gasteiger charge is -2.32. The molecule has 0 aromatic carbocycles. The van der Waals surface area contributed by atoms with Crippen LogP contribution in [0.5, 0.6) is 0 Å². The van der Waals surface area contributed by atoms with Gasteiger partial charge in [0.1, 0.15) is 4.88 Å². The van der Waals surface area contributed by atoms with E-state index >= 15 is 0 Å². The maximum Gasteiger partial charge on any atom is 0.347 e. The van der Waals surface area contributed by atoms with E-state index in [-0.39, 0.29) is 28.3 Å². The van der Waals surface area contributed by atoms with Gasteiger partial charge in [0.15, 0.2) is 15.0 Å². The smallest absolute Gasteiger partial charge is 0.347 e. The number of carbonyl (C=O) groups is 1. The molecule has 2 heterocycles. The third kappa shape index (κ3) is 3.37. The lowest BCUT2D eigenvalue weighted by Crippen LogP contribution is -2.47. The van der Waals surface area contributed by atoms with Crippen LogP contribution in [0.3, 0.4) is 0 Å². The number of thiazole rings is 1. The van der Waals surface area contributed by atoms with Crippen LogP contribution in [0.25, 0.3) is 0 Å². The highest BCUT2D eigenvalue weighted by atomic mass is 32.2. The third-order valence-electron chi connectivity index (χ3n) is 3.83. The fraction of sp³-hybridized carbons (Fsp3) is 0.692. The molecule has 2 unspecified atom stereocenters. The molecule has 2 rings (SSSR count). The predicted molar refractivity (Wildman–Crippen MR) is 83.2 cm³/mol. The first-order valence-electron chi connectivity index (χ1n) is 6.96. The van der Waals surface area contributed by atoms with Gasteiger partial charge in [0.05, 0.1) is 17.2 Å². The summed E-state index contributed by atoms with van der Waals surface area (Å²) in [6.07, 6.45) is 0.813. The molecular weight excluding hydrogens is 312 g/mol. The van der Waals surface area contributed by atoms with Crippen LogP contribution >= 0.6 is 11.3 Å². The Morgan fingerprint density at radius 2 is 2.24 bits per heavy atom. The fourth-order valence-corrected chi connectivity index (χ4v) is 5.12. The highest BCUT2D eigenvalue weighted by Crippen LogP contribution is 2.34. The molecule has 118 valence electrons. The lowest BCUT2D eigenvalue weighted by molar-refractivity contribution is 0.0700. The minimum atomic E-state index is -2.99. The third-order valence-corrected chi connectivity index (χ3v) is 6.72. The van der Waals surface area contributed by atoms with E-state index in [1.807, 2.05) is 25.7 Å². The summed E-state index contributed by atoms with van der Waals surface area (Å²) >= 11 is 1.14. The van der Waals surface area contributed by atoms with Gasteiger partial charge in [-0.15, -0.1) is 0 Å². The van der Waals surface area contributed by atoms with Crippen molar-refractivity contribution in [3.05, 3.63) is 10.6 Å². The highest BCUT2D eigenvalue weighted by Gasteiger charge is 2.32. The number of hydrogen-bond acceptors (Lipinski definition) is 6. The van der Waals surface area contributed by atoms with Crippen LogP contribution in [0.15, 0.2) is 0 Å². The van der Waals surface area contributed by atoms with Gasteiger partial charge in [-0.25, -0.2) is 18.2 Å². The Labute approximate surface area is 128 Å². The summed E-state index contributed by atoms with van der Waals surface area (Å²) in [4.78, 5) is 18.0. The first-order valence-corrected chi connectivity index (χ1v) is 9.60. The van der Waals surface area contributed by atoms with E-state index in [0.29, 0.717) is 17.4 Å². The molecule has 0 aliphatic carbocycles. The maximum absolute atomic E-state index is 11.6. The Bertz CT molecular complexity index is 639. The van der Waals surface area contributed by atoms with Crippen molar-refractivity contribution < 1.29 is 18.3 Å². The first-order chi connectivity index (χ1) is 9.75. The van der Waals surface area contributed by atoms with Crippen LogP contribution in [0, 0.1) is 0 Å². The van der Waals surface area contributed by atoms with Gasteiger partial charge in [-0.05, 0) is 19.3 Å². The normalized spacial score (nSPS) is 23.0. The van der Waals surface area contributed by atoms with Gasteiger partial charge >= 0.3 is 5.97 Å². The first kappa shape index (κ1) is 16.2. The Morgan fingerprint density at radius 3 is 2.76 bits per heavy atom. The van der Waals surface area contributed by atoms with Gasteiger partial charge in [-0.1, -0.05) is 25.2 Å². The Balaban J connectivity index is 2.35. The zero-order valence-electron chi connectivity index (χ0n) is 12.4. The quantitative estimate of drug-likeness (QED) is 0.907. The van der Waals surface area contributed by atoms with Crippen LogP contribution < -0.4 is 4.90 Å². The van der Waals surface area contributed by atoms with E-state index in [1.54, 1.807) is 0 Å². The number of aromatic carboxylic acids is 1. The molecule has 0 amide bonds. The Hall–Kier alpha value is -1.15. The zero-order chi connectivity index (χ0) is 15.8. The second kappa shape index (κ2) is 5.92. The summed E-state index contributed by atoms with van der Waals surface area (Å²) in [5.74, 6) is -0.706. The highest BCUT2D eigenvalue weighted by molar-refractivity contribution is 7.91.